The maximum absolute atomic E-state index is 12.7. The highest BCUT2D eigenvalue weighted by atomic mass is 16.5. The van der Waals surface area contributed by atoms with Gasteiger partial charge in [0.05, 0.1) is 13.7 Å². The third-order valence-electron chi connectivity index (χ3n) is 6.33. The maximum atomic E-state index is 12.7. The van der Waals surface area contributed by atoms with Crippen molar-refractivity contribution in [3.05, 3.63) is 82.8 Å². The Morgan fingerprint density at radius 3 is 2.57 bits per heavy atom. The summed E-state index contributed by atoms with van der Waals surface area (Å²) in [6.45, 7) is 8.09. The quantitative estimate of drug-likeness (QED) is 0.317. The minimum atomic E-state index is -0.351. The fraction of sp³-hybridized carbons (Fsp3) is 0.357. The van der Waals surface area contributed by atoms with E-state index in [4.69, 9.17) is 9.47 Å². The van der Waals surface area contributed by atoms with Gasteiger partial charge < -0.3 is 19.4 Å². The van der Waals surface area contributed by atoms with Crippen molar-refractivity contribution in [1.29, 1.82) is 0 Å². The van der Waals surface area contributed by atoms with Crippen LogP contribution in [0.3, 0.4) is 0 Å². The predicted molar refractivity (Wildman–Crippen MR) is 142 cm³/mol. The van der Waals surface area contributed by atoms with Gasteiger partial charge in [0.2, 0.25) is 5.91 Å². The van der Waals surface area contributed by atoms with Crippen molar-refractivity contribution in [2.45, 2.75) is 25.8 Å². The zero-order chi connectivity index (χ0) is 26.0. The lowest BCUT2D eigenvalue weighted by Crippen LogP contribution is -2.48. The van der Waals surface area contributed by atoms with Gasteiger partial charge in [0.1, 0.15) is 5.69 Å². The number of aromatic nitrogens is 3. The van der Waals surface area contributed by atoms with Gasteiger partial charge in [-0.15, -0.1) is 16.8 Å². The molecule has 0 spiro atoms. The number of carbonyl (C=O) groups excluding carboxylic acids is 1. The third kappa shape index (κ3) is 7.04. The molecule has 2 aromatic carbocycles. The number of hydrogen-bond donors (Lipinski definition) is 1. The summed E-state index contributed by atoms with van der Waals surface area (Å²) in [5.74, 6) is 1.48. The molecule has 1 amide bonds. The molecule has 0 bridgehead atoms. The van der Waals surface area contributed by atoms with E-state index in [1.54, 1.807) is 31.4 Å². The summed E-state index contributed by atoms with van der Waals surface area (Å²) in [5.41, 5.74) is 1.81. The molecule has 2 heterocycles. The van der Waals surface area contributed by atoms with Gasteiger partial charge in [-0.25, -0.2) is 0 Å². The van der Waals surface area contributed by atoms with Crippen molar-refractivity contribution in [3.8, 4) is 22.9 Å². The van der Waals surface area contributed by atoms with Gasteiger partial charge in [0.25, 0.3) is 5.56 Å². The number of nitrogens with zero attached hydrogens (tertiary/aromatic N) is 4. The molecule has 1 N–H and O–H groups in total. The lowest BCUT2D eigenvalue weighted by molar-refractivity contribution is -0.133. The van der Waals surface area contributed by atoms with Crippen LogP contribution >= 0.6 is 0 Å². The second-order valence-electron chi connectivity index (χ2n) is 8.88. The lowest BCUT2D eigenvalue weighted by Gasteiger charge is -2.34. The first-order chi connectivity index (χ1) is 18.1. The second kappa shape index (κ2) is 12.8. The van der Waals surface area contributed by atoms with Crippen molar-refractivity contribution < 1.29 is 14.3 Å². The molecule has 0 unspecified atom stereocenters. The number of aryl methyl sites for hydroxylation is 1. The van der Waals surface area contributed by atoms with Crippen LogP contribution in [0.4, 0.5) is 0 Å². The standard InChI is InChI=1S/C28H33N5O4/c1-3-4-18-37-24-12-10-22(19-25(24)36-2)27-29-28(35)23(30-31-27)11-13-26(34)33-16-14-32(15-17-33)20-21-8-6-5-7-9-21/h3,5-10,12,19H,1,4,11,13-18,20H2,2H3,(H,29,31,35). The van der Waals surface area contributed by atoms with Gasteiger partial charge in [-0.1, -0.05) is 36.4 Å². The van der Waals surface area contributed by atoms with Crippen LogP contribution in [0.2, 0.25) is 0 Å². The monoisotopic (exact) mass is 503 g/mol. The Hall–Kier alpha value is -3.98. The number of ether oxygens (including phenoxy) is 2. The number of H-pyrrole nitrogens is 1. The van der Waals surface area contributed by atoms with Gasteiger partial charge in [-0.05, 0) is 30.2 Å². The Labute approximate surface area is 216 Å². The first-order valence-corrected chi connectivity index (χ1v) is 12.5. The van der Waals surface area contributed by atoms with Crippen molar-refractivity contribution in [3.63, 3.8) is 0 Å². The average molecular weight is 504 g/mol. The lowest BCUT2D eigenvalue weighted by atomic mass is 10.1. The number of aromatic amines is 1. The number of amides is 1. The molecule has 1 aromatic heterocycles. The molecule has 1 fully saturated rings. The summed E-state index contributed by atoms with van der Waals surface area (Å²) >= 11 is 0. The Balaban J connectivity index is 1.30. The Kier molecular flexibility index (Phi) is 9.04. The summed E-state index contributed by atoms with van der Waals surface area (Å²) in [7, 11) is 1.55. The zero-order valence-corrected chi connectivity index (χ0v) is 21.2. The third-order valence-corrected chi connectivity index (χ3v) is 6.33. The number of hydrogen-bond acceptors (Lipinski definition) is 7. The molecule has 0 saturated carbocycles. The first-order valence-electron chi connectivity index (χ1n) is 12.5. The molecular weight excluding hydrogens is 470 g/mol. The van der Waals surface area contributed by atoms with E-state index in [2.05, 4.69) is 38.8 Å². The smallest absolute Gasteiger partial charge is 0.273 e. The molecule has 37 heavy (non-hydrogen) atoms. The number of rotatable bonds is 11. The Bertz CT molecular complexity index is 1250. The Morgan fingerprint density at radius 2 is 1.86 bits per heavy atom. The Morgan fingerprint density at radius 1 is 1.08 bits per heavy atom. The molecule has 3 aromatic rings. The van der Waals surface area contributed by atoms with E-state index in [-0.39, 0.29) is 30.0 Å². The predicted octanol–water partition coefficient (Wildman–Crippen LogP) is 3.07. The number of piperazine rings is 1. The van der Waals surface area contributed by atoms with E-state index in [1.165, 1.54) is 5.56 Å². The zero-order valence-electron chi connectivity index (χ0n) is 21.2. The highest BCUT2D eigenvalue weighted by Crippen LogP contribution is 2.31. The van der Waals surface area contributed by atoms with Crippen molar-refractivity contribution >= 4 is 5.91 Å². The molecule has 9 heteroatoms. The highest BCUT2D eigenvalue weighted by molar-refractivity contribution is 5.76. The van der Waals surface area contributed by atoms with E-state index >= 15 is 0 Å². The summed E-state index contributed by atoms with van der Waals surface area (Å²) in [6.07, 6.45) is 2.97. The van der Waals surface area contributed by atoms with E-state index in [1.807, 2.05) is 23.1 Å². The molecule has 1 saturated heterocycles. The molecule has 9 nitrogen and oxygen atoms in total. The molecule has 0 aliphatic carbocycles. The number of methoxy groups -OCH3 is 1. The summed E-state index contributed by atoms with van der Waals surface area (Å²) in [4.78, 5) is 32.4. The minimum Gasteiger partial charge on any atom is -0.493 e. The van der Waals surface area contributed by atoms with Gasteiger partial charge in [-0.3, -0.25) is 14.5 Å². The van der Waals surface area contributed by atoms with Crippen LogP contribution in [-0.4, -0.2) is 70.8 Å². The van der Waals surface area contributed by atoms with Crippen LogP contribution in [0.25, 0.3) is 11.4 Å². The van der Waals surface area contributed by atoms with E-state index in [0.29, 0.717) is 42.6 Å². The molecular formula is C28H33N5O4. The van der Waals surface area contributed by atoms with Crippen molar-refractivity contribution in [2.75, 3.05) is 39.9 Å². The van der Waals surface area contributed by atoms with Crippen LogP contribution in [0.5, 0.6) is 11.5 Å². The second-order valence-corrected chi connectivity index (χ2v) is 8.88. The summed E-state index contributed by atoms with van der Waals surface area (Å²) in [6, 6.07) is 15.6. The van der Waals surface area contributed by atoms with Crippen LogP contribution < -0.4 is 15.0 Å². The highest BCUT2D eigenvalue weighted by Gasteiger charge is 2.21. The van der Waals surface area contributed by atoms with Crippen LogP contribution in [0, 0.1) is 0 Å². The van der Waals surface area contributed by atoms with Crippen LogP contribution in [0.1, 0.15) is 24.1 Å². The fourth-order valence-electron chi connectivity index (χ4n) is 4.22. The van der Waals surface area contributed by atoms with Gasteiger partial charge in [0, 0.05) is 51.1 Å². The molecule has 4 rings (SSSR count). The number of benzene rings is 2. The molecule has 0 atom stereocenters. The van der Waals surface area contributed by atoms with E-state index in [9.17, 15) is 9.59 Å². The summed E-state index contributed by atoms with van der Waals surface area (Å²) in [5, 5.41) is 8.30. The van der Waals surface area contributed by atoms with Crippen molar-refractivity contribution in [2.24, 2.45) is 0 Å². The maximum Gasteiger partial charge on any atom is 0.273 e. The number of nitrogens with one attached hydrogen (secondary N) is 1. The molecule has 1 aliphatic rings. The van der Waals surface area contributed by atoms with E-state index in [0.717, 1.165) is 26.1 Å². The average Bonchev–Trinajstić information content (AvgIpc) is 2.93. The fourth-order valence-corrected chi connectivity index (χ4v) is 4.22. The van der Waals surface area contributed by atoms with E-state index < -0.39 is 0 Å². The normalized spacial score (nSPS) is 13.8. The molecule has 0 radical (unpaired) electrons. The van der Waals surface area contributed by atoms with Crippen molar-refractivity contribution in [1.82, 2.24) is 25.0 Å². The van der Waals surface area contributed by atoms with Gasteiger partial charge >= 0.3 is 0 Å². The van der Waals surface area contributed by atoms with Gasteiger partial charge in [-0.2, -0.15) is 0 Å². The minimum absolute atomic E-state index is 0.0291. The van der Waals surface area contributed by atoms with Crippen LogP contribution in [-0.2, 0) is 17.8 Å². The van der Waals surface area contributed by atoms with Crippen LogP contribution in [0.15, 0.2) is 66.0 Å². The SMILES string of the molecule is C=CCCOc1ccc(-c2nnc(CCC(=O)N3CCN(Cc4ccccc4)CC3)c(=O)[nH]2)cc1OC. The van der Waals surface area contributed by atoms with Gasteiger partial charge in [0.15, 0.2) is 17.3 Å². The topological polar surface area (TPSA) is 101 Å². The molecule has 194 valence electrons. The summed E-state index contributed by atoms with van der Waals surface area (Å²) < 4.78 is 11.1. The first kappa shape index (κ1) is 26.1. The number of carbonyl (C=O) groups is 1. The largest absolute Gasteiger partial charge is 0.493 e. The molecule has 1 aliphatic heterocycles.